The summed E-state index contributed by atoms with van der Waals surface area (Å²) in [6.45, 7) is 1.74. The van der Waals surface area contributed by atoms with Gasteiger partial charge in [0.25, 0.3) is 0 Å². The van der Waals surface area contributed by atoms with Crippen LogP contribution in [0.25, 0.3) is 0 Å². The quantitative estimate of drug-likeness (QED) is 0.696. The Kier molecular flexibility index (Phi) is 3.71. The van der Waals surface area contributed by atoms with Crippen LogP contribution in [0.2, 0.25) is 0 Å². The number of Topliss-reactive ketones (excluding diaryl/α,β-unsaturated/α-hetero) is 1. The summed E-state index contributed by atoms with van der Waals surface area (Å²) >= 11 is 0. The first-order valence-electron chi connectivity index (χ1n) is 4.21. The third kappa shape index (κ3) is 2.35. The van der Waals surface area contributed by atoms with Gasteiger partial charge in [0.05, 0.1) is 5.56 Å². The highest BCUT2D eigenvalue weighted by atomic mass is 19.1. The SMILES string of the molecule is CCOCC(=O)c1c(F)cccc1F. The minimum atomic E-state index is -0.852. The Labute approximate surface area is 80.5 Å². The number of ether oxygens (including phenoxy) is 1. The Hall–Kier alpha value is -1.29. The topological polar surface area (TPSA) is 26.3 Å². The lowest BCUT2D eigenvalue weighted by Crippen LogP contribution is -2.12. The Morgan fingerprint density at radius 1 is 1.36 bits per heavy atom. The molecule has 0 heterocycles. The van der Waals surface area contributed by atoms with Crippen LogP contribution in [-0.4, -0.2) is 19.0 Å². The van der Waals surface area contributed by atoms with Crippen LogP contribution in [0.5, 0.6) is 0 Å². The van der Waals surface area contributed by atoms with E-state index in [4.69, 9.17) is 4.74 Å². The minimum Gasteiger partial charge on any atom is -0.374 e. The molecule has 4 heteroatoms. The van der Waals surface area contributed by atoms with Crippen molar-refractivity contribution in [2.75, 3.05) is 13.2 Å². The second kappa shape index (κ2) is 4.81. The highest BCUT2D eigenvalue weighted by molar-refractivity contribution is 5.97. The molecular weight excluding hydrogens is 190 g/mol. The lowest BCUT2D eigenvalue weighted by molar-refractivity contribution is 0.0775. The molecule has 0 atom stereocenters. The molecule has 1 aromatic rings. The first-order chi connectivity index (χ1) is 6.66. The van der Waals surface area contributed by atoms with Gasteiger partial charge in [0.2, 0.25) is 0 Å². The molecule has 0 aromatic heterocycles. The Morgan fingerprint density at radius 3 is 2.43 bits per heavy atom. The van der Waals surface area contributed by atoms with Crippen molar-refractivity contribution >= 4 is 5.78 Å². The predicted molar refractivity (Wildman–Crippen MR) is 47.2 cm³/mol. The van der Waals surface area contributed by atoms with Crippen molar-refractivity contribution in [2.24, 2.45) is 0 Å². The van der Waals surface area contributed by atoms with Crippen molar-refractivity contribution in [1.82, 2.24) is 0 Å². The van der Waals surface area contributed by atoms with Crippen molar-refractivity contribution in [3.63, 3.8) is 0 Å². The Bertz CT molecular complexity index is 317. The van der Waals surface area contributed by atoms with Gasteiger partial charge >= 0.3 is 0 Å². The number of halogens is 2. The molecule has 0 aliphatic carbocycles. The lowest BCUT2D eigenvalue weighted by atomic mass is 10.1. The summed E-state index contributed by atoms with van der Waals surface area (Å²) in [5.41, 5.74) is -0.527. The fourth-order valence-electron chi connectivity index (χ4n) is 1.03. The van der Waals surface area contributed by atoms with Crippen LogP contribution in [0.15, 0.2) is 18.2 Å². The van der Waals surface area contributed by atoms with E-state index in [9.17, 15) is 13.6 Å². The van der Waals surface area contributed by atoms with Gasteiger partial charge in [0.15, 0.2) is 5.78 Å². The Morgan fingerprint density at radius 2 is 1.93 bits per heavy atom. The molecule has 0 bridgehead atoms. The first kappa shape index (κ1) is 10.8. The number of rotatable bonds is 4. The zero-order chi connectivity index (χ0) is 10.6. The van der Waals surface area contributed by atoms with Gasteiger partial charge in [-0.25, -0.2) is 8.78 Å². The third-order valence-electron chi connectivity index (χ3n) is 1.68. The minimum absolute atomic E-state index is 0.297. The van der Waals surface area contributed by atoms with E-state index in [0.29, 0.717) is 6.61 Å². The number of carbonyl (C=O) groups is 1. The largest absolute Gasteiger partial charge is 0.374 e. The molecule has 1 aromatic carbocycles. The van der Waals surface area contributed by atoms with Crippen LogP contribution in [0.3, 0.4) is 0 Å². The van der Waals surface area contributed by atoms with E-state index >= 15 is 0 Å². The average Bonchev–Trinajstić information content (AvgIpc) is 2.14. The fraction of sp³-hybridized carbons (Fsp3) is 0.300. The van der Waals surface area contributed by atoms with Gasteiger partial charge in [-0.3, -0.25) is 4.79 Å². The average molecular weight is 200 g/mol. The third-order valence-corrected chi connectivity index (χ3v) is 1.68. The standard InChI is InChI=1S/C10H10F2O2/c1-2-14-6-9(13)10-7(11)4-3-5-8(10)12/h3-5H,2,6H2,1H3. The zero-order valence-electron chi connectivity index (χ0n) is 7.72. The van der Waals surface area contributed by atoms with E-state index in [0.717, 1.165) is 12.1 Å². The van der Waals surface area contributed by atoms with E-state index < -0.39 is 23.0 Å². The molecule has 0 unspecified atom stereocenters. The summed E-state index contributed by atoms with van der Waals surface area (Å²) in [5.74, 6) is -2.38. The van der Waals surface area contributed by atoms with Gasteiger partial charge < -0.3 is 4.74 Å². The maximum Gasteiger partial charge on any atom is 0.194 e. The fourth-order valence-corrected chi connectivity index (χ4v) is 1.03. The Balaban J connectivity index is 2.89. The molecule has 14 heavy (non-hydrogen) atoms. The van der Waals surface area contributed by atoms with Crippen LogP contribution in [0, 0.1) is 11.6 Å². The summed E-state index contributed by atoms with van der Waals surface area (Å²) in [6, 6.07) is 3.30. The molecule has 76 valence electrons. The van der Waals surface area contributed by atoms with Gasteiger partial charge in [-0.05, 0) is 19.1 Å². The molecule has 0 saturated heterocycles. The molecule has 0 aliphatic rings. The van der Waals surface area contributed by atoms with Crippen LogP contribution >= 0.6 is 0 Å². The van der Waals surface area contributed by atoms with Gasteiger partial charge in [-0.1, -0.05) is 6.07 Å². The summed E-state index contributed by atoms with van der Waals surface area (Å²) in [4.78, 5) is 11.2. The molecule has 0 N–H and O–H groups in total. The molecule has 0 spiro atoms. The lowest BCUT2D eigenvalue weighted by Gasteiger charge is -2.03. The van der Waals surface area contributed by atoms with Gasteiger partial charge in [0, 0.05) is 6.61 Å². The van der Waals surface area contributed by atoms with Crippen molar-refractivity contribution in [3.05, 3.63) is 35.4 Å². The second-order valence-corrected chi connectivity index (χ2v) is 2.66. The van der Waals surface area contributed by atoms with Gasteiger partial charge in [-0.15, -0.1) is 0 Å². The van der Waals surface area contributed by atoms with E-state index in [2.05, 4.69) is 0 Å². The van der Waals surface area contributed by atoms with Crippen LogP contribution in [0.1, 0.15) is 17.3 Å². The summed E-state index contributed by atoms with van der Waals surface area (Å²) in [5, 5.41) is 0. The molecule has 0 aliphatic heterocycles. The highest BCUT2D eigenvalue weighted by Crippen LogP contribution is 2.12. The summed E-state index contributed by atoms with van der Waals surface area (Å²) in [6.07, 6.45) is 0. The summed E-state index contributed by atoms with van der Waals surface area (Å²) < 4.78 is 30.8. The number of ketones is 1. The predicted octanol–water partition coefficient (Wildman–Crippen LogP) is 2.18. The highest BCUT2D eigenvalue weighted by Gasteiger charge is 2.16. The maximum atomic E-state index is 13.0. The molecule has 0 saturated carbocycles. The molecule has 2 nitrogen and oxygen atoms in total. The van der Waals surface area contributed by atoms with E-state index in [1.807, 2.05) is 0 Å². The van der Waals surface area contributed by atoms with E-state index in [-0.39, 0.29) is 6.61 Å². The van der Waals surface area contributed by atoms with Crippen molar-refractivity contribution < 1.29 is 18.3 Å². The number of carbonyl (C=O) groups excluding carboxylic acids is 1. The second-order valence-electron chi connectivity index (χ2n) is 2.66. The molecular formula is C10H10F2O2. The number of hydrogen-bond acceptors (Lipinski definition) is 2. The first-order valence-corrected chi connectivity index (χ1v) is 4.21. The van der Waals surface area contributed by atoms with Gasteiger partial charge in [-0.2, -0.15) is 0 Å². The van der Waals surface area contributed by atoms with Crippen molar-refractivity contribution in [1.29, 1.82) is 0 Å². The van der Waals surface area contributed by atoms with E-state index in [1.165, 1.54) is 6.07 Å². The molecule has 0 fully saturated rings. The van der Waals surface area contributed by atoms with E-state index in [1.54, 1.807) is 6.92 Å². The van der Waals surface area contributed by atoms with Gasteiger partial charge in [0.1, 0.15) is 18.2 Å². The smallest absolute Gasteiger partial charge is 0.194 e. The molecule has 0 amide bonds. The van der Waals surface area contributed by atoms with Crippen molar-refractivity contribution in [3.8, 4) is 0 Å². The summed E-state index contributed by atoms with van der Waals surface area (Å²) in [7, 11) is 0. The molecule has 1 rings (SSSR count). The van der Waals surface area contributed by atoms with Crippen LogP contribution in [0.4, 0.5) is 8.78 Å². The van der Waals surface area contributed by atoms with Crippen LogP contribution in [-0.2, 0) is 4.74 Å². The number of hydrogen-bond donors (Lipinski definition) is 0. The maximum absolute atomic E-state index is 13.0. The van der Waals surface area contributed by atoms with Crippen molar-refractivity contribution in [2.45, 2.75) is 6.92 Å². The molecule has 0 radical (unpaired) electrons. The zero-order valence-corrected chi connectivity index (χ0v) is 7.72. The normalized spacial score (nSPS) is 10.2. The number of benzene rings is 1. The van der Waals surface area contributed by atoms with Crippen LogP contribution < -0.4 is 0 Å². The monoisotopic (exact) mass is 200 g/mol.